The second-order valence-electron chi connectivity index (χ2n) is 6.86. The number of likely N-dealkylation sites (N-methyl/N-ethyl adjacent to an activating group) is 1. The third-order valence-electron chi connectivity index (χ3n) is 3.18. The summed E-state index contributed by atoms with van der Waals surface area (Å²) in [6.45, 7) is 4.29. The molecule has 0 saturated carbocycles. The maximum absolute atomic E-state index is 11.9. The lowest BCUT2D eigenvalue weighted by Gasteiger charge is -2.23. The minimum absolute atomic E-state index is 0.131. The smallest absolute Gasteiger partial charge is 0.344 e. The molecule has 0 aromatic heterocycles. The normalized spacial score (nSPS) is 10.7. The molecule has 9 nitrogen and oxygen atoms in total. The predicted octanol–water partition coefficient (Wildman–Crippen LogP) is 0.0806. The van der Waals surface area contributed by atoms with Crippen molar-refractivity contribution >= 4 is 23.7 Å². The van der Waals surface area contributed by atoms with Crippen LogP contribution in [-0.2, 0) is 19.1 Å². The number of nitrogens with zero attached hydrogens (tertiary/aromatic N) is 1. The highest BCUT2D eigenvalue weighted by molar-refractivity contribution is 5.95. The van der Waals surface area contributed by atoms with Gasteiger partial charge in [-0.15, -0.1) is 0 Å². The van der Waals surface area contributed by atoms with Gasteiger partial charge >= 0.3 is 5.97 Å². The van der Waals surface area contributed by atoms with E-state index in [1.165, 1.54) is 19.2 Å². The fourth-order valence-corrected chi connectivity index (χ4v) is 1.99. The number of hydrogen-bond donors (Lipinski definition) is 2. The summed E-state index contributed by atoms with van der Waals surface area (Å²) in [5.74, 6) is -2.20. The van der Waals surface area contributed by atoms with Gasteiger partial charge in [0.15, 0.2) is 13.2 Å². The fourth-order valence-electron chi connectivity index (χ4n) is 1.99. The first-order chi connectivity index (χ1) is 12.5. The number of para-hydroxylation sites is 1. The molecule has 0 unspecified atom stereocenters. The van der Waals surface area contributed by atoms with Crippen LogP contribution < -0.4 is 15.8 Å². The Morgan fingerprint density at radius 2 is 1.74 bits per heavy atom. The third-order valence-corrected chi connectivity index (χ3v) is 3.18. The first kappa shape index (κ1) is 21.9. The van der Waals surface area contributed by atoms with Crippen molar-refractivity contribution in [3.05, 3.63) is 29.8 Å². The van der Waals surface area contributed by atoms with E-state index in [0.29, 0.717) is 0 Å². The van der Waals surface area contributed by atoms with Gasteiger partial charge in [0.2, 0.25) is 5.91 Å². The molecule has 1 rings (SSSR count). The molecule has 0 saturated heterocycles. The molecule has 0 radical (unpaired) electrons. The molecular formula is C18H25N3O6. The number of nitrogens with one attached hydrogen (secondary N) is 1. The van der Waals surface area contributed by atoms with Crippen molar-refractivity contribution in [2.45, 2.75) is 26.3 Å². The van der Waals surface area contributed by atoms with E-state index in [9.17, 15) is 19.2 Å². The molecule has 148 valence electrons. The van der Waals surface area contributed by atoms with Crippen molar-refractivity contribution in [3.63, 3.8) is 0 Å². The first-order valence-electron chi connectivity index (χ1n) is 8.22. The highest BCUT2D eigenvalue weighted by Gasteiger charge is 2.19. The number of esters is 1. The Balaban J connectivity index is 2.42. The van der Waals surface area contributed by atoms with Crippen LogP contribution in [0.1, 0.15) is 31.1 Å². The van der Waals surface area contributed by atoms with Crippen molar-refractivity contribution in [1.29, 1.82) is 0 Å². The zero-order valence-corrected chi connectivity index (χ0v) is 15.9. The topological polar surface area (TPSA) is 128 Å². The summed E-state index contributed by atoms with van der Waals surface area (Å²) in [6, 6.07) is 6.17. The summed E-state index contributed by atoms with van der Waals surface area (Å²) in [5, 5.41) is 2.72. The van der Waals surface area contributed by atoms with Crippen molar-refractivity contribution in [2.24, 2.45) is 5.73 Å². The van der Waals surface area contributed by atoms with E-state index in [2.05, 4.69) is 5.32 Å². The van der Waals surface area contributed by atoms with Crippen LogP contribution in [0.4, 0.5) is 0 Å². The quantitative estimate of drug-likeness (QED) is 0.616. The van der Waals surface area contributed by atoms with E-state index in [1.54, 1.807) is 12.1 Å². The molecule has 0 atom stereocenters. The van der Waals surface area contributed by atoms with Crippen LogP contribution >= 0.6 is 0 Å². The van der Waals surface area contributed by atoms with Crippen LogP contribution in [0.5, 0.6) is 5.75 Å². The molecule has 27 heavy (non-hydrogen) atoms. The van der Waals surface area contributed by atoms with E-state index in [0.717, 1.165) is 4.90 Å². The zero-order valence-electron chi connectivity index (χ0n) is 15.9. The van der Waals surface area contributed by atoms with Gasteiger partial charge in [0.25, 0.3) is 11.8 Å². The number of rotatable bonds is 8. The van der Waals surface area contributed by atoms with Crippen molar-refractivity contribution in [2.75, 3.05) is 26.8 Å². The van der Waals surface area contributed by atoms with Crippen molar-refractivity contribution in [1.82, 2.24) is 10.2 Å². The molecule has 0 bridgehead atoms. The number of hydrogen-bond acceptors (Lipinski definition) is 6. The molecule has 0 aliphatic heterocycles. The lowest BCUT2D eigenvalue weighted by Crippen LogP contribution is -2.47. The van der Waals surface area contributed by atoms with Crippen LogP contribution in [-0.4, -0.2) is 60.9 Å². The molecule has 3 amide bonds. The molecule has 3 N–H and O–H groups in total. The third kappa shape index (κ3) is 8.21. The van der Waals surface area contributed by atoms with Crippen molar-refractivity contribution < 1.29 is 28.7 Å². The predicted molar refractivity (Wildman–Crippen MR) is 96.9 cm³/mol. The molecule has 0 spiro atoms. The number of carbonyl (C=O) groups excluding carboxylic acids is 4. The number of ether oxygens (including phenoxy) is 2. The molecule has 0 fully saturated rings. The SMILES string of the molecule is CN(CC(=O)NC(C)(C)C)C(=O)COC(=O)COc1ccccc1C(N)=O. The maximum atomic E-state index is 11.9. The van der Waals surface area contributed by atoms with Gasteiger partial charge < -0.3 is 25.4 Å². The minimum atomic E-state index is -0.796. The zero-order chi connectivity index (χ0) is 20.6. The molecule has 0 aliphatic rings. The number of amides is 3. The van der Waals surface area contributed by atoms with Crippen LogP contribution in [0.2, 0.25) is 0 Å². The first-order valence-corrected chi connectivity index (χ1v) is 8.22. The van der Waals surface area contributed by atoms with Gasteiger partial charge in [-0.3, -0.25) is 14.4 Å². The Morgan fingerprint density at radius 3 is 2.33 bits per heavy atom. The van der Waals surface area contributed by atoms with Gasteiger partial charge in [-0.1, -0.05) is 12.1 Å². The van der Waals surface area contributed by atoms with Crippen molar-refractivity contribution in [3.8, 4) is 5.75 Å². The largest absolute Gasteiger partial charge is 0.481 e. The summed E-state index contributed by atoms with van der Waals surface area (Å²) in [5.41, 5.74) is 4.93. The molecule has 9 heteroatoms. The molecular weight excluding hydrogens is 354 g/mol. The minimum Gasteiger partial charge on any atom is -0.481 e. The van der Waals surface area contributed by atoms with Gasteiger partial charge in [-0.25, -0.2) is 4.79 Å². The molecule has 1 aromatic carbocycles. The number of primary amides is 1. The van der Waals surface area contributed by atoms with Gasteiger partial charge in [0.05, 0.1) is 12.1 Å². The van der Waals surface area contributed by atoms with Gasteiger partial charge in [-0.05, 0) is 32.9 Å². The Bertz CT molecular complexity index is 711. The van der Waals surface area contributed by atoms with Crippen LogP contribution in [0.3, 0.4) is 0 Å². The average Bonchev–Trinajstić information content (AvgIpc) is 2.56. The monoisotopic (exact) mass is 379 g/mol. The summed E-state index contributed by atoms with van der Waals surface area (Å²) >= 11 is 0. The maximum Gasteiger partial charge on any atom is 0.344 e. The fraction of sp³-hybridized carbons (Fsp3) is 0.444. The average molecular weight is 379 g/mol. The Labute approximate surface area is 157 Å². The Morgan fingerprint density at radius 1 is 1.11 bits per heavy atom. The summed E-state index contributed by atoms with van der Waals surface area (Å²) < 4.78 is 10.0. The molecule has 0 aliphatic carbocycles. The van der Waals surface area contributed by atoms with E-state index < -0.39 is 36.5 Å². The Kier molecular flexibility index (Phi) is 7.77. The van der Waals surface area contributed by atoms with Crippen LogP contribution in [0, 0.1) is 0 Å². The summed E-state index contributed by atoms with van der Waals surface area (Å²) in [6.07, 6.45) is 0. The van der Waals surface area contributed by atoms with E-state index in [4.69, 9.17) is 15.2 Å². The van der Waals surface area contributed by atoms with Gasteiger partial charge in [-0.2, -0.15) is 0 Å². The van der Waals surface area contributed by atoms with E-state index >= 15 is 0 Å². The number of benzene rings is 1. The second kappa shape index (κ2) is 9.56. The van der Waals surface area contributed by atoms with E-state index in [-0.39, 0.29) is 23.8 Å². The highest BCUT2D eigenvalue weighted by Crippen LogP contribution is 2.16. The van der Waals surface area contributed by atoms with Gasteiger partial charge in [0.1, 0.15) is 5.75 Å². The summed E-state index contributed by atoms with van der Waals surface area (Å²) in [7, 11) is 1.43. The van der Waals surface area contributed by atoms with Gasteiger partial charge in [0, 0.05) is 12.6 Å². The Hall–Kier alpha value is -3.10. The second-order valence-corrected chi connectivity index (χ2v) is 6.86. The number of carbonyl (C=O) groups is 4. The lowest BCUT2D eigenvalue weighted by molar-refractivity contribution is -0.153. The van der Waals surface area contributed by atoms with Crippen LogP contribution in [0.15, 0.2) is 24.3 Å². The standard InChI is InChI=1S/C18H25N3O6/c1-18(2,3)20-14(22)9-21(4)15(23)10-27-16(24)11-26-13-8-6-5-7-12(13)17(19)25/h5-8H,9-11H2,1-4H3,(H2,19,25)(H,20,22). The summed E-state index contributed by atoms with van der Waals surface area (Å²) in [4.78, 5) is 47.9. The van der Waals surface area contributed by atoms with E-state index in [1.807, 2.05) is 20.8 Å². The number of nitrogens with two attached hydrogens (primary N) is 1. The van der Waals surface area contributed by atoms with Crippen LogP contribution in [0.25, 0.3) is 0 Å². The lowest BCUT2D eigenvalue weighted by atomic mass is 10.1. The molecule has 0 heterocycles. The highest BCUT2D eigenvalue weighted by atomic mass is 16.6. The molecule has 1 aromatic rings.